The van der Waals surface area contributed by atoms with E-state index in [0.717, 1.165) is 28.0 Å². The highest BCUT2D eigenvalue weighted by Gasteiger charge is 2.15. The third-order valence-corrected chi connectivity index (χ3v) is 4.71. The summed E-state index contributed by atoms with van der Waals surface area (Å²) < 4.78 is 9.36. The van der Waals surface area contributed by atoms with E-state index in [9.17, 15) is 4.79 Å². The number of allylic oxidation sites excluding steroid dienone is 1. The second-order valence-electron chi connectivity index (χ2n) is 7.10. The van der Waals surface area contributed by atoms with Crippen LogP contribution in [0.4, 0.5) is 0 Å². The highest BCUT2D eigenvalue weighted by atomic mass is 16.5. The van der Waals surface area contributed by atoms with Gasteiger partial charge in [0.05, 0.1) is 17.6 Å². The predicted molar refractivity (Wildman–Crippen MR) is 108 cm³/mol. The first-order valence-electron chi connectivity index (χ1n) is 8.87. The fraction of sp³-hybridized carbons (Fsp3) is 0.318. The standard InChI is InChI=1S/C22H26N2O2/c1-14(2)24-21-13-18(6)17(5)12-20(21)23(22(24)25)7-8-26-19-10-15(3)9-16(4)11-19/h9-13H,1,7-8H2,2-6H3. The lowest BCUT2D eigenvalue weighted by molar-refractivity contribution is 0.298. The van der Waals surface area contributed by atoms with Gasteiger partial charge in [-0.3, -0.25) is 9.13 Å². The smallest absolute Gasteiger partial charge is 0.333 e. The van der Waals surface area contributed by atoms with E-state index in [2.05, 4.69) is 52.5 Å². The van der Waals surface area contributed by atoms with Crippen LogP contribution in [0.15, 0.2) is 41.7 Å². The maximum atomic E-state index is 12.9. The lowest BCUT2D eigenvalue weighted by atomic mass is 10.1. The quantitative estimate of drug-likeness (QED) is 0.674. The van der Waals surface area contributed by atoms with Crippen molar-refractivity contribution in [2.75, 3.05) is 6.61 Å². The van der Waals surface area contributed by atoms with E-state index in [4.69, 9.17) is 4.74 Å². The zero-order chi connectivity index (χ0) is 19.0. The molecule has 26 heavy (non-hydrogen) atoms. The van der Waals surface area contributed by atoms with Crippen LogP contribution in [0.25, 0.3) is 16.7 Å². The Balaban J connectivity index is 1.94. The molecule has 0 atom stereocenters. The molecular weight excluding hydrogens is 324 g/mol. The number of hydrogen-bond acceptors (Lipinski definition) is 2. The Morgan fingerprint density at radius 3 is 2.12 bits per heavy atom. The van der Waals surface area contributed by atoms with Crippen molar-refractivity contribution in [1.82, 2.24) is 9.13 Å². The van der Waals surface area contributed by atoms with Crippen LogP contribution < -0.4 is 10.4 Å². The molecule has 2 aromatic carbocycles. The van der Waals surface area contributed by atoms with Gasteiger partial charge in [-0.05, 0) is 81.1 Å². The SMILES string of the molecule is C=C(C)n1c(=O)n(CCOc2cc(C)cc(C)c2)c2cc(C)c(C)cc21. The summed E-state index contributed by atoms with van der Waals surface area (Å²) in [4.78, 5) is 12.9. The van der Waals surface area contributed by atoms with Gasteiger partial charge in [-0.2, -0.15) is 0 Å². The lowest BCUT2D eigenvalue weighted by Crippen LogP contribution is -2.25. The van der Waals surface area contributed by atoms with Crippen LogP contribution in [0.1, 0.15) is 29.2 Å². The van der Waals surface area contributed by atoms with Crippen LogP contribution in [0.2, 0.25) is 0 Å². The van der Waals surface area contributed by atoms with E-state index in [1.165, 1.54) is 16.7 Å². The Bertz CT molecular complexity index is 1030. The molecule has 0 aliphatic heterocycles. The molecule has 3 rings (SSSR count). The summed E-state index contributed by atoms with van der Waals surface area (Å²) in [7, 11) is 0. The minimum Gasteiger partial charge on any atom is -0.492 e. The van der Waals surface area contributed by atoms with Gasteiger partial charge in [-0.15, -0.1) is 0 Å². The molecule has 0 saturated carbocycles. The first-order chi connectivity index (χ1) is 12.3. The third kappa shape index (κ3) is 3.32. The summed E-state index contributed by atoms with van der Waals surface area (Å²) in [5.74, 6) is 0.839. The Hall–Kier alpha value is -2.75. The molecule has 4 heteroatoms. The number of aromatic nitrogens is 2. The average molecular weight is 350 g/mol. The number of hydrogen-bond donors (Lipinski definition) is 0. The molecule has 0 aliphatic carbocycles. The molecule has 1 aromatic heterocycles. The van der Waals surface area contributed by atoms with E-state index in [0.29, 0.717) is 13.2 Å². The van der Waals surface area contributed by atoms with E-state index < -0.39 is 0 Å². The molecule has 0 amide bonds. The summed E-state index contributed by atoms with van der Waals surface area (Å²) in [5.41, 5.74) is 7.14. The molecule has 136 valence electrons. The maximum Gasteiger partial charge on any atom is 0.333 e. The molecule has 0 spiro atoms. The summed E-state index contributed by atoms with van der Waals surface area (Å²) >= 11 is 0. The van der Waals surface area contributed by atoms with Crippen molar-refractivity contribution in [1.29, 1.82) is 0 Å². The molecule has 0 radical (unpaired) electrons. The molecule has 0 unspecified atom stereocenters. The Morgan fingerprint density at radius 2 is 1.54 bits per heavy atom. The van der Waals surface area contributed by atoms with E-state index in [-0.39, 0.29) is 5.69 Å². The van der Waals surface area contributed by atoms with E-state index >= 15 is 0 Å². The minimum atomic E-state index is -0.0680. The molecule has 0 aliphatic rings. The largest absolute Gasteiger partial charge is 0.492 e. The number of nitrogens with zero attached hydrogens (tertiary/aromatic N) is 2. The zero-order valence-corrected chi connectivity index (χ0v) is 16.2. The number of imidazole rings is 1. The number of aryl methyl sites for hydroxylation is 4. The molecule has 0 fully saturated rings. The van der Waals surface area contributed by atoms with Crippen molar-refractivity contribution in [3.63, 3.8) is 0 Å². The zero-order valence-electron chi connectivity index (χ0n) is 16.2. The topological polar surface area (TPSA) is 36.2 Å². The Kier molecular flexibility index (Phi) is 4.77. The van der Waals surface area contributed by atoms with Gasteiger partial charge in [0.2, 0.25) is 0 Å². The third-order valence-electron chi connectivity index (χ3n) is 4.71. The van der Waals surface area contributed by atoms with Crippen molar-refractivity contribution in [2.24, 2.45) is 0 Å². The van der Waals surface area contributed by atoms with Gasteiger partial charge >= 0.3 is 5.69 Å². The number of benzene rings is 2. The van der Waals surface area contributed by atoms with Crippen LogP contribution in [0.3, 0.4) is 0 Å². The number of rotatable bonds is 5. The Labute approximate surface area is 154 Å². The van der Waals surface area contributed by atoms with Crippen LogP contribution >= 0.6 is 0 Å². The monoisotopic (exact) mass is 350 g/mol. The molecule has 0 saturated heterocycles. The van der Waals surface area contributed by atoms with E-state index in [1.807, 2.05) is 19.1 Å². The molecular formula is C22H26N2O2. The minimum absolute atomic E-state index is 0.0680. The van der Waals surface area contributed by atoms with Crippen LogP contribution in [0, 0.1) is 27.7 Å². The van der Waals surface area contributed by atoms with Gasteiger partial charge in [-0.1, -0.05) is 12.6 Å². The van der Waals surface area contributed by atoms with Gasteiger partial charge < -0.3 is 4.74 Å². The van der Waals surface area contributed by atoms with Crippen molar-refractivity contribution in [3.8, 4) is 5.75 Å². The second-order valence-corrected chi connectivity index (χ2v) is 7.10. The molecule has 1 heterocycles. The van der Waals surface area contributed by atoms with Gasteiger partial charge in [0.1, 0.15) is 12.4 Å². The van der Waals surface area contributed by atoms with Crippen molar-refractivity contribution in [3.05, 3.63) is 69.6 Å². The summed E-state index contributed by atoms with van der Waals surface area (Å²) in [6.07, 6.45) is 0. The van der Waals surface area contributed by atoms with Gasteiger partial charge in [0.25, 0.3) is 0 Å². The lowest BCUT2D eigenvalue weighted by Gasteiger charge is -2.09. The fourth-order valence-corrected chi connectivity index (χ4v) is 3.36. The summed E-state index contributed by atoms with van der Waals surface area (Å²) in [6, 6.07) is 10.3. The van der Waals surface area contributed by atoms with E-state index in [1.54, 1.807) is 9.13 Å². The van der Waals surface area contributed by atoms with Crippen molar-refractivity contribution < 1.29 is 4.74 Å². The van der Waals surface area contributed by atoms with Crippen molar-refractivity contribution in [2.45, 2.75) is 41.2 Å². The average Bonchev–Trinajstić information content (AvgIpc) is 2.79. The van der Waals surface area contributed by atoms with Gasteiger partial charge in [0, 0.05) is 5.70 Å². The molecule has 0 bridgehead atoms. The van der Waals surface area contributed by atoms with Crippen LogP contribution in [-0.4, -0.2) is 15.7 Å². The maximum absolute atomic E-state index is 12.9. The summed E-state index contributed by atoms with van der Waals surface area (Å²) in [6.45, 7) is 15.0. The normalized spacial score (nSPS) is 11.1. The van der Waals surface area contributed by atoms with Gasteiger partial charge in [0.15, 0.2) is 0 Å². The predicted octanol–water partition coefficient (Wildman–Crippen LogP) is 4.61. The first kappa shape index (κ1) is 18.1. The fourth-order valence-electron chi connectivity index (χ4n) is 3.36. The molecule has 0 N–H and O–H groups in total. The highest BCUT2D eigenvalue weighted by Crippen LogP contribution is 2.21. The van der Waals surface area contributed by atoms with Crippen LogP contribution in [-0.2, 0) is 6.54 Å². The van der Waals surface area contributed by atoms with Crippen LogP contribution in [0.5, 0.6) is 5.75 Å². The van der Waals surface area contributed by atoms with Gasteiger partial charge in [-0.25, -0.2) is 4.79 Å². The number of fused-ring (bicyclic) bond motifs is 1. The molecule has 3 aromatic rings. The Morgan fingerprint density at radius 1 is 0.962 bits per heavy atom. The summed E-state index contributed by atoms with van der Waals surface area (Å²) in [5, 5.41) is 0. The highest BCUT2D eigenvalue weighted by molar-refractivity contribution is 5.81. The van der Waals surface area contributed by atoms with Crippen molar-refractivity contribution >= 4 is 16.7 Å². The molecule has 4 nitrogen and oxygen atoms in total. The second kappa shape index (κ2) is 6.87. The number of ether oxygens (including phenoxy) is 1. The first-order valence-corrected chi connectivity index (χ1v) is 8.87.